The molecule has 0 radical (unpaired) electrons. The molecule has 2 aromatic rings. The maximum Gasteiger partial charge on any atom is 0.316 e. The van der Waals surface area contributed by atoms with Crippen molar-refractivity contribution in [1.82, 2.24) is 14.9 Å². The number of piperidine rings is 1. The Balaban J connectivity index is 1.29. The van der Waals surface area contributed by atoms with Crippen LogP contribution >= 0.6 is 0 Å². The number of methoxy groups -OCH3 is 1. The second kappa shape index (κ2) is 8.01. The van der Waals surface area contributed by atoms with E-state index in [0.717, 1.165) is 45.5 Å². The van der Waals surface area contributed by atoms with E-state index in [1.807, 2.05) is 0 Å². The zero-order valence-corrected chi connectivity index (χ0v) is 15.1. The Morgan fingerprint density at radius 1 is 1.15 bits per heavy atom. The first-order valence-electron chi connectivity index (χ1n) is 9.26. The molecule has 0 spiro atoms. The first kappa shape index (κ1) is 17.2. The molecule has 6 heteroatoms. The fourth-order valence-corrected chi connectivity index (χ4v) is 3.69. The van der Waals surface area contributed by atoms with Crippen molar-refractivity contribution in [2.75, 3.05) is 33.4 Å². The predicted molar refractivity (Wildman–Crippen MR) is 97.5 cm³/mol. The molecule has 2 aliphatic heterocycles. The van der Waals surface area contributed by atoms with Crippen molar-refractivity contribution >= 4 is 0 Å². The van der Waals surface area contributed by atoms with Crippen molar-refractivity contribution in [3.8, 4) is 11.8 Å². The Hall–Kier alpha value is -2.18. The quantitative estimate of drug-likeness (QED) is 0.822. The van der Waals surface area contributed by atoms with Gasteiger partial charge in [0.2, 0.25) is 0 Å². The van der Waals surface area contributed by atoms with Gasteiger partial charge in [-0.3, -0.25) is 0 Å². The molecule has 6 nitrogen and oxygen atoms in total. The van der Waals surface area contributed by atoms with Gasteiger partial charge in [0, 0.05) is 19.6 Å². The first-order chi connectivity index (χ1) is 12.8. The summed E-state index contributed by atoms with van der Waals surface area (Å²) in [4.78, 5) is 10.9. The lowest BCUT2D eigenvalue weighted by Crippen LogP contribution is -2.41. The van der Waals surface area contributed by atoms with Crippen LogP contribution in [0.3, 0.4) is 0 Å². The molecule has 1 saturated heterocycles. The highest BCUT2D eigenvalue weighted by Crippen LogP contribution is 2.28. The van der Waals surface area contributed by atoms with Crippen molar-refractivity contribution in [3.63, 3.8) is 0 Å². The summed E-state index contributed by atoms with van der Waals surface area (Å²) < 4.78 is 17.0. The lowest BCUT2D eigenvalue weighted by Gasteiger charge is -2.35. The molecule has 2 aliphatic rings. The van der Waals surface area contributed by atoms with Crippen LogP contribution in [0.1, 0.15) is 30.1 Å². The molecule has 0 saturated carbocycles. The summed E-state index contributed by atoms with van der Waals surface area (Å²) in [5.74, 6) is 0.639. The Bertz CT molecular complexity index is 714. The zero-order valence-electron chi connectivity index (χ0n) is 15.1. The van der Waals surface area contributed by atoms with Crippen LogP contribution < -0.4 is 9.47 Å². The van der Waals surface area contributed by atoms with Gasteiger partial charge in [0.25, 0.3) is 0 Å². The number of benzene rings is 1. The summed E-state index contributed by atoms with van der Waals surface area (Å²) in [6.07, 6.45) is 6.59. The Labute approximate surface area is 154 Å². The van der Waals surface area contributed by atoms with Gasteiger partial charge >= 0.3 is 6.01 Å². The van der Waals surface area contributed by atoms with Crippen LogP contribution in [-0.2, 0) is 11.2 Å². The van der Waals surface area contributed by atoms with E-state index in [1.54, 1.807) is 19.5 Å². The molecule has 0 amide bonds. The number of hydrogen-bond donors (Lipinski definition) is 0. The van der Waals surface area contributed by atoms with Crippen LogP contribution in [0.2, 0.25) is 0 Å². The third-order valence-corrected chi connectivity index (χ3v) is 5.16. The lowest BCUT2D eigenvalue weighted by molar-refractivity contribution is 0.00159. The van der Waals surface area contributed by atoms with Crippen molar-refractivity contribution in [3.05, 3.63) is 47.8 Å². The van der Waals surface area contributed by atoms with Gasteiger partial charge in [-0.25, -0.2) is 0 Å². The largest absolute Gasteiger partial charge is 0.494 e. The van der Waals surface area contributed by atoms with E-state index in [-0.39, 0.29) is 12.2 Å². The summed E-state index contributed by atoms with van der Waals surface area (Å²) in [7, 11) is 1.60. The molecule has 0 aliphatic carbocycles. The van der Waals surface area contributed by atoms with Gasteiger partial charge in [-0.1, -0.05) is 24.3 Å². The van der Waals surface area contributed by atoms with E-state index in [4.69, 9.17) is 14.2 Å². The maximum atomic E-state index is 6.05. The van der Waals surface area contributed by atoms with Gasteiger partial charge in [0.05, 0.1) is 32.2 Å². The molecular weight excluding hydrogens is 330 g/mol. The van der Waals surface area contributed by atoms with E-state index in [9.17, 15) is 0 Å². The second-order valence-electron chi connectivity index (χ2n) is 6.83. The van der Waals surface area contributed by atoms with E-state index in [1.165, 1.54) is 11.1 Å². The molecule has 26 heavy (non-hydrogen) atoms. The van der Waals surface area contributed by atoms with Crippen LogP contribution in [0.15, 0.2) is 36.7 Å². The van der Waals surface area contributed by atoms with Gasteiger partial charge < -0.3 is 19.1 Å². The molecule has 0 bridgehead atoms. The van der Waals surface area contributed by atoms with Gasteiger partial charge in [0.15, 0.2) is 5.75 Å². The normalized spacial score (nSPS) is 21.2. The van der Waals surface area contributed by atoms with Crippen LogP contribution in [0.4, 0.5) is 0 Å². The topological polar surface area (TPSA) is 56.7 Å². The van der Waals surface area contributed by atoms with Crippen LogP contribution in [0.25, 0.3) is 0 Å². The predicted octanol–water partition coefficient (Wildman–Crippen LogP) is 2.64. The van der Waals surface area contributed by atoms with Gasteiger partial charge in [-0.2, -0.15) is 9.97 Å². The number of nitrogens with zero attached hydrogens (tertiary/aromatic N) is 3. The number of ether oxygens (including phenoxy) is 3. The summed E-state index contributed by atoms with van der Waals surface area (Å²) in [5.41, 5.74) is 2.78. The monoisotopic (exact) mass is 355 g/mol. The fourth-order valence-electron chi connectivity index (χ4n) is 3.69. The number of aromatic nitrogens is 2. The molecular formula is C20H25N3O3. The third kappa shape index (κ3) is 3.97. The third-order valence-electron chi connectivity index (χ3n) is 5.16. The minimum absolute atomic E-state index is 0.166. The van der Waals surface area contributed by atoms with E-state index >= 15 is 0 Å². The highest BCUT2D eigenvalue weighted by molar-refractivity contribution is 5.31. The summed E-state index contributed by atoms with van der Waals surface area (Å²) >= 11 is 0. The summed E-state index contributed by atoms with van der Waals surface area (Å²) in [5, 5.41) is 0. The number of fused-ring (bicyclic) bond motifs is 1. The first-order valence-corrected chi connectivity index (χ1v) is 9.26. The smallest absolute Gasteiger partial charge is 0.316 e. The van der Waals surface area contributed by atoms with Gasteiger partial charge in [0.1, 0.15) is 6.10 Å². The highest BCUT2D eigenvalue weighted by atomic mass is 16.5. The highest BCUT2D eigenvalue weighted by Gasteiger charge is 2.26. The van der Waals surface area contributed by atoms with E-state index in [2.05, 4.69) is 39.1 Å². The maximum absolute atomic E-state index is 6.05. The van der Waals surface area contributed by atoms with Gasteiger partial charge in [-0.05, 0) is 30.4 Å². The van der Waals surface area contributed by atoms with Crippen LogP contribution in [-0.4, -0.2) is 54.3 Å². The minimum Gasteiger partial charge on any atom is -0.494 e. The number of rotatable bonds is 5. The van der Waals surface area contributed by atoms with Crippen molar-refractivity contribution in [2.45, 2.75) is 31.5 Å². The molecule has 3 heterocycles. The molecule has 1 fully saturated rings. The Morgan fingerprint density at radius 2 is 1.92 bits per heavy atom. The Kier molecular flexibility index (Phi) is 5.32. The standard InChI is InChI=1S/C20H25N3O3/c1-24-17-12-21-20(22-13-17)26-16-6-9-23(10-7-16)14-19-18-5-3-2-4-15(18)8-11-25-19/h2-5,12-13,16,19H,6-11,14H2,1H3. The molecule has 1 aromatic heterocycles. The molecule has 1 atom stereocenters. The minimum atomic E-state index is 0.166. The van der Waals surface area contributed by atoms with Crippen molar-refractivity contribution in [2.24, 2.45) is 0 Å². The van der Waals surface area contributed by atoms with Crippen molar-refractivity contribution < 1.29 is 14.2 Å². The number of likely N-dealkylation sites (tertiary alicyclic amines) is 1. The number of hydrogen-bond acceptors (Lipinski definition) is 6. The SMILES string of the molecule is COc1cnc(OC2CCN(CC3OCCc4ccccc43)CC2)nc1. The lowest BCUT2D eigenvalue weighted by atomic mass is 9.96. The average molecular weight is 355 g/mol. The second-order valence-corrected chi connectivity index (χ2v) is 6.83. The fraction of sp³-hybridized carbons (Fsp3) is 0.500. The van der Waals surface area contributed by atoms with Crippen LogP contribution in [0.5, 0.6) is 11.8 Å². The summed E-state index contributed by atoms with van der Waals surface area (Å²) in [6.45, 7) is 3.77. The molecule has 1 aromatic carbocycles. The molecule has 1 unspecified atom stereocenters. The summed E-state index contributed by atoms with van der Waals surface area (Å²) in [6, 6.07) is 9.07. The van der Waals surface area contributed by atoms with Gasteiger partial charge in [-0.15, -0.1) is 0 Å². The zero-order chi connectivity index (χ0) is 17.8. The molecule has 4 rings (SSSR count). The van der Waals surface area contributed by atoms with Crippen molar-refractivity contribution in [1.29, 1.82) is 0 Å². The van der Waals surface area contributed by atoms with E-state index < -0.39 is 0 Å². The van der Waals surface area contributed by atoms with Crippen LogP contribution in [0, 0.1) is 0 Å². The van der Waals surface area contributed by atoms with E-state index in [0.29, 0.717) is 11.8 Å². The Morgan fingerprint density at radius 3 is 2.69 bits per heavy atom. The molecule has 138 valence electrons. The average Bonchev–Trinajstić information content (AvgIpc) is 2.70. The molecule has 0 N–H and O–H groups in total.